The highest BCUT2D eigenvalue weighted by molar-refractivity contribution is 7.92. The highest BCUT2D eigenvalue weighted by Crippen LogP contribution is 2.35. The summed E-state index contributed by atoms with van der Waals surface area (Å²) in [5.74, 6) is 0.821. The van der Waals surface area contributed by atoms with Gasteiger partial charge in [0.1, 0.15) is 18.7 Å². The third kappa shape index (κ3) is 11.1. The summed E-state index contributed by atoms with van der Waals surface area (Å²) >= 11 is 0. The Morgan fingerprint density at radius 3 is 2.40 bits per heavy atom. The van der Waals surface area contributed by atoms with Crippen molar-refractivity contribution >= 4 is 27.9 Å². The maximum absolute atomic E-state index is 13.6. The first-order valence-corrected chi connectivity index (χ1v) is 20.4. The van der Waals surface area contributed by atoms with Gasteiger partial charge >= 0.3 is 0 Å². The number of anilines is 2. The number of aromatic nitrogens is 4. The van der Waals surface area contributed by atoms with Crippen molar-refractivity contribution in [1.82, 2.24) is 24.8 Å². The summed E-state index contributed by atoms with van der Waals surface area (Å²) in [5, 5.41) is 0. The van der Waals surface area contributed by atoms with Gasteiger partial charge in [-0.25, -0.2) is 28.1 Å². The number of rotatable bonds is 16. The van der Waals surface area contributed by atoms with Gasteiger partial charge in [0.15, 0.2) is 0 Å². The van der Waals surface area contributed by atoms with Crippen molar-refractivity contribution < 1.29 is 22.7 Å². The number of nitrogens with zero attached hydrogens (tertiary/aromatic N) is 6. The molecule has 1 aliphatic heterocycles. The summed E-state index contributed by atoms with van der Waals surface area (Å²) in [6.07, 6.45) is 6.38. The summed E-state index contributed by atoms with van der Waals surface area (Å²) in [6, 6.07) is 11.6. The fraction of sp³-hybridized carbons (Fsp3) is 0.500. The van der Waals surface area contributed by atoms with Crippen LogP contribution in [-0.4, -0.2) is 78.4 Å². The molecule has 0 spiro atoms. The lowest BCUT2D eigenvalue weighted by Crippen LogP contribution is -2.39. The molecule has 5 rings (SSSR count). The number of carbonyl (C=O) groups excluding carboxylic acids is 1. The van der Waals surface area contributed by atoms with Crippen LogP contribution in [0.5, 0.6) is 5.88 Å². The van der Waals surface area contributed by atoms with Crippen LogP contribution in [0.2, 0.25) is 0 Å². The Morgan fingerprint density at radius 1 is 1.05 bits per heavy atom. The van der Waals surface area contributed by atoms with Crippen molar-refractivity contribution in [1.29, 1.82) is 0 Å². The van der Waals surface area contributed by atoms with Crippen molar-refractivity contribution in [3.05, 3.63) is 82.9 Å². The Morgan fingerprint density at radius 2 is 1.76 bits per heavy atom. The van der Waals surface area contributed by atoms with E-state index in [2.05, 4.69) is 54.1 Å². The molecule has 0 bridgehead atoms. The van der Waals surface area contributed by atoms with Gasteiger partial charge < -0.3 is 14.4 Å². The van der Waals surface area contributed by atoms with Gasteiger partial charge in [0.05, 0.1) is 47.9 Å². The van der Waals surface area contributed by atoms with Crippen LogP contribution in [0.1, 0.15) is 94.2 Å². The minimum Gasteiger partial charge on any atom is -0.476 e. The van der Waals surface area contributed by atoms with Gasteiger partial charge in [-0.2, -0.15) is 4.98 Å². The number of hydrogen-bond donors (Lipinski definition) is 1. The van der Waals surface area contributed by atoms with Gasteiger partial charge in [-0.05, 0) is 81.7 Å². The van der Waals surface area contributed by atoms with E-state index in [0.29, 0.717) is 30.7 Å². The van der Waals surface area contributed by atoms with Gasteiger partial charge in [0.2, 0.25) is 11.8 Å². The van der Waals surface area contributed by atoms with E-state index in [1.807, 2.05) is 65.3 Å². The molecule has 0 unspecified atom stereocenters. The van der Waals surface area contributed by atoms with Crippen LogP contribution in [0.25, 0.3) is 11.3 Å². The lowest BCUT2D eigenvalue weighted by Gasteiger charge is -2.33. The number of ether oxygens (including phenoxy) is 2. The Bertz CT molecular complexity index is 2060. The Balaban J connectivity index is 1.47. The lowest BCUT2D eigenvalue weighted by atomic mass is 9.88. The molecule has 2 aromatic carbocycles. The van der Waals surface area contributed by atoms with Crippen LogP contribution < -0.4 is 14.4 Å². The number of aldehydes is 1. The monoisotopic (exact) mass is 771 g/mol. The van der Waals surface area contributed by atoms with Crippen molar-refractivity contribution in [2.45, 2.75) is 105 Å². The van der Waals surface area contributed by atoms with Crippen LogP contribution in [0, 0.1) is 24.7 Å². The minimum absolute atomic E-state index is 0.000753. The summed E-state index contributed by atoms with van der Waals surface area (Å²) in [5.41, 5.74) is 5.36. The summed E-state index contributed by atoms with van der Waals surface area (Å²) < 4.78 is 42.5. The lowest BCUT2D eigenvalue weighted by molar-refractivity contribution is 0.0659. The van der Waals surface area contributed by atoms with Crippen LogP contribution in [-0.2, 0) is 27.9 Å². The first-order valence-electron chi connectivity index (χ1n) is 18.9. The zero-order chi connectivity index (χ0) is 40.1. The van der Waals surface area contributed by atoms with E-state index >= 15 is 0 Å². The Kier molecular flexibility index (Phi) is 13.0. The normalized spacial score (nSPS) is 15.1. The summed E-state index contributed by atoms with van der Waals surface area (Å²) in [4.78, 5) is 34.8. The molecule has 1 saturated heterocycles. The highest BCUT2D eigenvalue weighted by atomic mass is 32.2. The molecule has 2 aromatic heterocycles. The van der Waals surface area contributed by atoms with E-state index < -0.39 is 10.0 Å². The van der Waals surface area contributed by atoms with Crippen LogP contribution in [0.15, 0.2) is 59.8 Å². The van der Waals surface area contributed by atoms with Crippen LogP contribution >= 0.6 is 0 Å². The van der Waals surface area contributed by atoms with Gasteiger partial charge in [-0.3, -0.25) is 9.69 Å². The molecule has 1 aliphatic rings. The van der Waals surface area contributed by atoms with Crippen LogP contribution in [0.4, 0.5) is 11.6 Å². The SMILES string of the molecule is Cc1cccc(COC(C)C)c1-c1nc(NS(=O)(=O)c2cccc(C=O)c2)nc(OC[C@@H](CC(C)(C)C)N(C)Cc2ncc(N3CCC(C)(C)C3)cn2)c1C. The van der Waals surface area contributed by atoms with Gasteiger partial charge in [0, 0.05) is 35.8 Å². The predicted octanol–water partition coefficient (Wildman–Crippen LogP) is 7.64. The van der Waals surface area contributed by atoms with Gasteiger partial charge in [-0.15, -0.1) is 0 Å². The molecular weight excluding hydrogens is 715 g/mol. The topological polar surface area (TPSA) is 140 Å². The molecule has 296 valence electrons. The molecule has 3 heterocycles. The average molecular weight is 772 g/mol. The molecule has 0 amide bonds. The smallest absolute Gasteiger partial charge is 0.264 e. The minimum atomic E-state index is -4.17. The maximum Gasteiger partial charge on any atom is 0.264 e. The number of hydrogen-bond acceptors (Lipinski definition) is 11. The van der Waals surface area contributed by atoms with Crippen molar-refractivity contribution in [2.75, 3.05) is 36.4 Å². The summed E-state index contributed by atoms with van der Waals surface area (Å²) in [6.45, 7) is 22.1. The molecule has 55 heavy (non-hydrogen) atoms. The van der Waals surface area contributed by atoms with Gasteiger partial charge in [0.25, 0.3) is 10.0 Å². The molecule has 0 saturated carbocycles. The van der Waals surface area contributed by atoms with E-state index in [1.54, 1.807) is 6.07 Å². The third-order valence-corrected chi connectivity index (χ3v) is 11.1. The van der Waals surface area contributed by atoms with Crippen LogP contribution in [0.3, 0.4) is 0 Å². The highest BCUT2D eigenvalue weighted by Gasteiger charge is 2.30. The number of likely N-dealkylation sites (N-methyl/N-ethyl adjacent to an activating group) is 1. The second kappa shape index (κ2) is 17.1. The Labute approximate surface area is 327 Å². The molecule has 1 atom stereocenters. The average Bonchev–Trinajstić information content (AvgIpc) is 3.49. The fourth-order valence-electron chi connectivity index (χ4n) is 6.81. The maximum atomic E-state index is 13.6. The number of nitrogens with one attached hydrogen (secondary N) is 1. The standard InChI is InChI=1S/C42H57N7O5S/c1-28(2)53-25-32-15-11-13-29(3)37(32)38-30(4)39(46-40(45-38)47-55(51,52)35-16-12-14-31(19-35)24-50)54-26-33(20-41(5,6)7)48(10)23-36-43-21-34(22-44-36)49-18-17-42(8,9)27-49/h11-16,19,21-22,24,28,33H,17-18,20,23,25-27H2,1-10H3,(H,45,46,47)/t33-/m1/s1. The van der Waals surface area contributed by atoms with E-state index in [0.717, 1.165) is 54.1 Å². The second-order valence-corrected chi connectivity index (χ2v) is 18.6. The van der Waals surface area contributed by atoms with Crippen molar-refractivity contribution in [2.24, 2.45) is 10.8 Å². The number of benzene rings is 2. The van der Waals surface area contributed by atoms with E-state index in [4.69, 9.17) is 24.4 Å². The number of aryl methyl sites for hydroxylation is 1. The molecule has 0 radical (unpaired) electrons. The molecule has 13 heteroatoms. The third-order valence-electron chi connectivity index (χ3n) is 9.81. The van der Waals surface area contributed by atoms with E-state index in [-0.39, 0.29) is 51.9 Å². The first kappa shape index (κ1) is 41.7. The molecule has 12 nitrogen and oxygen atoms in total. The second-order valence-electron chi connectivity index (χ2n) is 16.9. The van der Waals surface area contributed by atoms with E-state index in [9.17, 15) is 13.2 Å². The largest absolute Gasteiger partial charge is 0.476 e. The number of sulfonamides is 1. The Hall–Kier alpha value is -4.46. The zero-order valence-electron chi connectivity index (χ0n) is 34.0. The fourth-order valence-corrected chi connectivity index (χ4v) is 7.80. The van der Waals surface area contributed by atoms with Crippen molar-refractivity contribution in [3.63, 3.8) is 0 Å². The summed E-state index contributed by atoms with van der Waals surface area (Å²) in [7, 11) is -2.13. The van der Waals surface area contributed by atoms with E-state index in [1.165, 1.54) is 18.2 Å². The molecule has 1 N–H and O–H groups in total. The molecule has 1 fully saturated rings. The van der Waals surface area contributed by atoms with Gasteiger partial charge in [-0.1, -0.05) is 65.0 Å². The van der Waals surface area contributed by atoms with Crippen molar-refractivity contribution in [3.8, 4) is 17.1 Å². The number of carbonyl (C=O) groups is 1. The molecular formula is C42H57N7O5S. The quantitative estimate of drug-likeness (QED) is 0.112. The first-order chi connectivity index (χ1) is 25.8. The molecule has 0 aliphatic carbocycles. The zero-order valence-corrected chi connectivity index (χ0v) is 34.8. The predicted molar refractivity (Wildman–Crippen MR) is 217 cm³/mol. The molecule has 4 aromatic rings.